The third-order valence-electron chi connectivity index (χ3n) is 4.57. The number of hydrogen-bond acceptors (Lipinski definition) is 5. The molecule has 1 aliphatic heterocycles. The number of aromatic nitrogens is 1. The topological polar surface area (TPSA) is 88.7 Å². The lowest BCUT2D eigenvalue weighted by Gasteiger charge is -2.33. The molecule has 1 aliphatic rings. The van der Waals surface area contributed by atoms with Crippen LogP contribution in [0.2, 0.25) is 0 Å². The molecule has 0 bridgehead atoms. The highest BCUT2D eigenvalue weighted by Gasteiger charge is 2.26. The number of carbonyl (C=O) groups is 3. The van der Waals surface area contributed by atoms with Gasteiger partial charge in [-0.15, -0.1) is 0 Å². The van der Waals surface area contributed by atoms with E-state index in [1.165, 1.54) is 0 Å². The second kappa shape index (κ2) is 8.18. The molecule has 25 heavy (non-hydrogen) atoms. The lowest BCUT2D eigenvalue weighted by atomic mass is 10.0. The molecule has 2 rings (SSSR count). The molecule has 7 nitrogen and oxygen atoms in total. The lowest BCUT2D eigenvalue weighted by Crippen LogP contribution is -2.44. The van der Waals surface area contributed by atoms with Gasteiger partial charge >= 0.3 is 11.9 Å². The van der Waals surface area contributed by atoms with E-state index < -0.39 is 11.9 Å². The number of likely N-dealkylation sites (tertiary alicyclic amines) is 1. The maximum atomic E-state index is 12.3. The van der Waals surface area contributed by atoms with Crippen LogP contribution in [0, 0.1) is 13.8 Å². The van der Waals surface area contributed by atoms with Gasteiger partial charge < -0.3 is 19.4 Å². The molecule has 0 spiro atoms. The molecular formula is C18H26N2O5. The predicted molar refractivity (Wildman–Crippen MR) is 91.5 cm³/mol. The Morgan fingerprint density at radius 3 is 2.52 bits per heavy atom. The minimum Gasteiger partial charge on any atom is -0.462 e. The Morgan fingerprint density at radius 2 is 1.88 bits per heavy atom. The average Bonchev–Trinajstić information content (AvgIpc) is 2.87. The van der Waals surface area contributed by atoms with E-state index in [1.807, 2.05) is 6.92 Å². The van der Waals surface area contributed by atoms with E-state index in [2.05, 4.69) is 4.98 Å². The molecule has 138 valence electrons. The van der Waals surface area contributed by atoms with E-state index in [0.29, 0.717) is 23.4 Å². The van der Waals surface area contributed by atoms with Crippen molar-refractivity contribution < 1.29 is 23.9 Å². The third kappa shape index (κ3) is 4.21. The highest BCUT2D eigenvalue weighted by atomic mass is 16.5. The molecule has 0 unspecified atom stereocenters. The highest BCUT2D eigenvalue weighted by Crippen LogP contribution is 2.20. The van der Waals surface area contributed by atoms with Crippen LogP contribution in [0.3, 0.4) is 0 Å². The number of rotatable bonds is 5. The van der Waals surface area contributed by atoms with Crippen molar-refractivity contribution in [3.8, 4) is 0 Å². The van der Waals surface area contributed by atoms with Crippen molar-refractivity contribution >= 4 is 17.8 Å². The number of nitrogens with zero attached hydrogens (tertiary/aromatic N) is 1. The molecule has 0 saturated carbocycles. The van der Waals surface area contributed by atoms with Gasteiger partial charge in [-0.25, -0.2) is 9.59 Å². The predicted octanol–water partition coefficient (Wildman–Crippen LogP) is 2.37. The number of aromatic amines is 1. The fourth-order valence-corrected chi connectivity index (χ4v) is 3.21. The number of carbonyl (C=O) groups excluding carboxylic acids is 3. The van der Waals surface area contributed by atoms with Crippen LogP contribution in [-0.4, -0.2) is 53.5 Å². The molecule has 0 aliphatic carbocycles. The Kier molecular flexibility index (Phi) is 6.22. The van der Waals surface area contributed by atoms with Crippen LogP contribution in [0.15, 0.2) is 0 Å². The number of nitrogens with one attached hydrogen (secondary N) is 1. The van der Waals surface area contributed by atoms with E-state index in [4.69, 9.17) is 9.47 Å². The summed E-state index contributed by atoms with van der Waals surface area (Å²) >= 11 is 0. The standard InChI is InChI=1S/C18H26N2O5/c1-5-24-17(22)15-12(3)16(19-13(15)4)18(23)25-10-14(21)20-9-7-6-8-11(20)2/h11,19H,5-10H2,1-4H3/t11-/m0/s1. The zero-order valence-corrected chi connectivity index (χ0v) is 15.3. The summed E-state index contributed by atoms with van der Waals surface area (Å²) in [6, 6.07) is 0.171. The molecular weight excluding hydrogens is 324 g/mol. The first-order valence-electron chi connectivity index (χ1n) is 8.69. The van der Waals surface area contributed by atoms with Crippen LogP contribution in [0.25, 0.3) is 0 Å². The maximum Gasteiger partial charge on any atom is 0.355 e. The van der Waals surface area contributed by atoms with Gasteiger partial charge in [0.2, 0.25) is 0 Å². The largest absolute Gasteiger partial charge is 0.462 e. The first-order chi connectivity index (χ1) is 11.9. The van der Waals surface area contributed by atoms with Gasteiger partial charge in [-0.2, -0.15) is 0 Å². The SMILES string of the molecule is CCOC(=O)c1c(C)[nH]c(C(=O)OCC(=O)N2CCCC[C@@H]2C)c1C. The van der Waals surface area contributed by atoms with Gasteiger partial charge in [0.05, 0.1) is 12.2 Å². The summed E-state index contributed by atoms with van der Waals surface area (Å²) < 4.78 is 10.2. The van der Waals surface area contributed by atoms with Gasteiger partial charge in [0.1, 0.15) is 5.69 Å². The molecule has 1 saturated heterocycles. The summed E-state index contributed by atoms with van der Waals surface area (Å²) in [7, 11) is 0. The monoisotopic (exact) mass is 350 g/mol. The van der Waals surface area contributed by atoms with Crippen LogP contribution < -0.4 is 0 Å². The summed E-state index contributed by atoms with van der Waals surface area (Å²) in [5.74, 6) is -1.31. The van der Waals surface area contributed by atoms with Crippen molar-refractivity contribution in [3.05, 3.63) is 22.5 Å². The van der Waals surface area contributed by atoms with E-state index in [9.17, 15) is 14.4 Å². The lowest BCUT2D eigenvalue weighted by molar-refractivity contribution is -0.137. The van der Waals surface area contributed by atoms with Crippen molar-refractivity contribution in [2.45, 2.75) is 53.0 Å². The molecule has 1 aromatic rings. The van der Waals surface area contributed by atoms with E-state index in [-0.39, 0.29) is 30.9 Å². The molecule has 0 radical (unpaired) electrons. The van der Waals surface area contributed by atoms with Crippen molar-refractivity contribution in [2.24, 2.45) is 0 Å². The zero-order chi connectivity index (χ0) is 18.6. The summed E-state index contributed by atoms with van der Waals surface area (Å²) in [5.41, 5.74) is 1.53. The molecule has 1 atom stereocenters. The Hall–Kier alpha value is -2.31. The molecule has 1 fully saturated rings. The van der Waals surface area contributed by atoms with E-state index in [0.717, 1.165) is 19.3 Å². The highest BCUT2D eigenvalue weighted by molar-refractivity contribution is 5.99. The van der Waals surface area contributed by atoms with Gasteiger partial charge in [-0.05, 0) is 52.5 Å². The Morgan fingerprint density at radius 1 is 1.16 bits per heavy atom. The molecule has 1 amide bonds. The number of hydrogen-bond donors (Lipinski definition) is 1. The Labute approximate surface area is 147 Å². The fourth-order valence-electron chi connectivity index (χ4n) is 3.21. The summed E-state index contributed by atoms with van der Waals surface area (Å²) in [6.07, 6.45) is 3.06. The van der Waals surface area contributed by atoms with Gasteiger partial charge in [0.25, 0.3) is 5.91 Å². The van der Waals surface area contributed by atoms with Crippen molar-refractivity contribution in [2.75, 3.05) is 19.8 Å². The van der Waals surface area contributed by atoms with E-state index in [1.54, 1.807) is 25.7 Å². The van der Waals surface area contributed by atoms with Crippen LogP contribution in [0.5, 0.6) is 0 Å². The second-order valence-electron chi connectivity index (χ2n) is 6.35. The minimum absolute atomic E-state index is 0.171. The average molecular weight is 350 g/mol. The normalized spacial score (nSPS) is 17.3. The maximum absolute atomic E-state index is 12.3. The van der Waals surface area contributed by atoms with Crippen LogP contribution >= 0.6 is 0 Å². The quantitative estimate of drug-likeness (QED) is 0.824. The van der Waals surface area contributed by atoms with Crippen molar-refractivity contribution in [1.82, 2.24) is 9.88 Å². The van der Waals surface area contributed by atoms with E-state index >= 15 is 0 Å². The second-order valence-corrected chi connectivity index (χ2v) is 6.35. The van der Waals surface area contributed by atoms with Crippen LogP contribution in [0.4, 0.5) is 0 Å². The minimum atomic E-state index is -0.644. The van der Waals surface area contributed by atoms with Gasteiger partial charge in [-0.3, -0.25) is 4.79 Å². The van der Waals surface area contributed by atoms with Crippen molar-refractivity contribution in [1.29, 1.82) is 0 Å². The smallest absolute Gasteiger partial charge is 0.355 e. The Bertz CT molecular complexity index is 665. The molecule has 7 heteroatoms. The Balaban J connectivity index is 2.02. The summed E-state index contributed by atoms with van der Waals surface area (Å²) in [6.45, 7) is 7.73. The molecule has 0 aromatic carbocycles. The van der Waals surface area contributed by atoms with Gasteiger partial charge in [0.15, 0.2) is 6.61 Å². The number of esters is 2. The summed E-state index contributed by atoms with van der Waals surface area (Å²) in [5, 5.41) is 0. The molecule has 1 N–H and O–H groups in total. The van der Waals surface area contributed by atoms with Gasteiger partial charge in [0, 0.05) is 18.3 Å². The van der Waals surface area contributed by atoms with Crippen molar-refractivity contribution in [3.63, 3.8) is 0 Å². The number of amides is 1. The van der Waals surface area contributed by atoms with Crippen LogP contribution in [-0.2, 0) is 14.3 Å². The number of aryl methyl sites for hydroxylation is 1. The first kappa shape index (κ1) is 19.0. The van der Waals surface area contributed by atoms with Gasteiger partial charge in [-0.1, -0.05) is 0 Å². The fraction of sp³-hybridized carbons (Fsp3) is 0.611. The zero-order valence-electron chi connectivity index (χ0n) is 15.3. The number of ether oxygens (including phenoxy) is 2. The summed E-state index contributed by atoms with van der Waals surface area (Å²) in [4.78, 5) is 41.2. The first-order valence-corrected chi connectivity index (χ1v) is 8.69. The number of H-pyrrole nitrogens is 1. The van der Waals surface area contributed by atoms with Crippen LogP contribution in [0.1, 0.15) is 65.2 Å². The number of piperidine rings is 1. The molecule has 1 aromatic heterocycles. The molecule has 2 heterocycles. The third-order valence-corrected chi connectivity index (χ3v) is 4.57.